The molecule has 1 saturated heterocycles. The van der Waals surface area contributed by atoms with E-state index in [1.54, 1.807) is 12.1 Å². The van der Waals surface area contributed by atoms with Gasteiger partial charge < -0.3 is 15.4 Å². The quantitative estimate of drug-likeness (QED) is 0.913. The lowest BCUT2D eigenvalue weighted by molar-refractivity contribution is -0.188. The number of carbonyl (C=O) groups excluding carboxylic acids is 1. The van der Waals surface area contributed by atoms with Crippen LogP contribution in [-0.4, -0.2) is 36.3 Å². The number of nitrogens with zero attached hydrogens (tertiary/aromatic N) is 1. The van der Waals surface area contributed by atoms with E-state index in [9.17, 15) is 18.0 Å². The summed E-state index contributed by atoms with van der Waals surface area (Å²) in [5, 5.41) is 0. The van der Waals surface area contributed by atoms with Crippen LogP contribution in [0, 0.1) is 5.92 Å². The third-order valence-electron chi connectivity index (χ3n) is 3.54. The molecule has 1 aromatic carbocycles. The predicted octanol–water partition coefficient (Wildman–Crippen LogP) is 2.53. The van der Waals surface area contributed by atoms with Crippen LogP contribution in [0.25, 0.3) is 0 Å². The number of carbonyl (C=O) groups is 1. The fourth-order valence-corrected chi connectivity index (χ4v) is 2.36. The first-order chi connectivity index (χ1) is 9.88. The second kappa shape index (κ2) is 6.34. The molecule has 21 heavy (non-hydrogen) atoms. The molecule has 0 bridgehead atoms. The fourth-order valence-electron chi connectivity index (χ4n) is 2.36. The summed E-state index contributed by atoms with van der Waals surface area (Å²) in [5.74, 6) is -1.56. The van der Waals surface area contributed by atoms with Crippen molar-refractivity contribution >= 4 is 6.09 Å². The van der Waals surface area contributed by atoms with Crippen molar-refractivity contribution in [1.29, 1.82) is 0 Å². The Morgan fingerprint density at radius 3 is 2.57 bits per heavy atom. The third kappa shape index (κ3) is 4.10. The maximum absolute atomic E-state index is 12.7. The lowest BCUT2D eigenvalue weighted by Gasteiger charge is -2.36. The fraction of sp³-hybridized carbons (Fsp3) is 0.500. The molecule has 1 aromatic rings. The Balaban J connectivity index is 1.85. The minimum Gasteiger partial charge on any atom is -0.445 e. The van der Waals surface area contributed by atoms with Gasteiger partial charge in [0, 0.05) is 19.1 Å². The van der Waals surface area contributed by atoms with E-state index in [1.165, 1.54) is 4.90 Å². The highest BCUT2D eigenvalue weighted by molar-refractivity contribution is 5.67. The minimum absolute atomic E-state index is 0.00546. The molecule has 1 aliphatic heterocycles. The van der Waals surface area contributed by atoms with Gasteiger partial charge in [-0.1, -0.05) is 30.3 Å². The van der Waals surface area contributed by atoms with Crippen molar-refractivity contribution < 1.29 is 22.7 Å². The Bertz CT molecular complexity index is 479. The summed E-state index contributed by atoms with van der Waals surface area (Å²) in [6, 6.07) is 7.96. The van der Waals surface area contributed by atoms with E-state index in [0.717, 1.165) is 5.56 Å². The van der Waals surface area contributed by atoms with Crippen LogP contribution in [0.1, 0.15) is 12.0 Å². The van der Waals surface area contributed by atoms with E-state index in [-0.39, 0.29) is 26.1 Å². The zero-order valence-corrected chi connectivity index (χ0v) is 11.3. The highest BCUT2D eigenvalue weighted by Gasteiger charge is 2.46. The lowest BCUT2D eigenvalue weighted by atomic mass is 9.92. The van der Waals surface area contributed by atoms with Crippen molar-refractivity contribution in [3.05, 3.63) is 35.9 Å². The SMILES string of the molecule is NC1CN(C(=O)OCc2ccccc2)CCC1C(F)(F)F. The number of halogens is 3. The van der Waals surface area contributed by atoms with Crippen LogP contribution in [-0.2, 0) is 11.3 Å². The minimum atomic E-state index is -4.32. The van der Waals surface area contributed by atoms with Crippen LogP contribution in [0.3, 0.4) is 0 Å². The standard InChI is InChI=1S/C14H17F3N2O2/c15-14(16,17)11-6-7-19(8-12(11)18)13(20)21-9-10-4-2-1-3-5-10/h1-5,11-12H,6-9,18H2. The van der Waals surface area contributed by atoms with Crippen LogP contribution >= 0.6 is 0 Å². The molecule has 2 unspecified atom stereocenters. The molecule has 1 amide bonds. The number of hydrogen-bond acceptors (Lipinski definition) is 3. The number of amides is 1. The molecular weight excluding hydrogens is 285 g/mol. The Hall–Kier alpha value is -1.76. The summed E-state index contributed by atoms with van der Waals surface area (Å²) >= 11 is 0. The highest BCUT2D eigenvalue weighted by Crippen LogP contribution is 2.33. The maximum atomic E-state index is 12.7. The molecule has 1 heterocycles. The number of nitrogens with two attached hydrogens (primary N) is 1. The largest absolute Gasteiger partial charge is 0.445 e. The summed E-state index contributed by atoms with van der Waals surface area (Å²) in [4.78, 5) is 13.1. The van der Waals surface area contributed by atoms with Crippen LogP contribution in [0.2, 0.25) is 0 Å². The van der Waals surface area contributed by atoms with Crippen LogP contribution < -0.4 is 5.73 Å². The summed E-state index contributed by atoms with van der Waals surface area (Å²) < 4.78 is 43.1. The number of ether oxygens (including phenoxy) is 1. The first kappa shape index (κ1) is 15.6. The molecule has 2 atom stereocenters. The second-order valence-corrected chi connectivity index (χ2v) is 5.09. The topological polar surface area (TPSA) is 55.6 Å². The first-order valence-corrected chi connectivity index (χ1v) is 6.66. The van der Waals surface area contributed by atoms with E-state index in [1.807, 2.05) is 18.2 Å². The first-order valence-electron chi connectivity index (χ1n) is 6.66. The lowest BCUT2D eigenvalue weighted by Crippen LogP contribution is -2.54. The smallest absolute Gasteiger partial charge is 0.410 e. The predicted molar refractivity (Wildman–Crippen MR) is 70.3 cm³/mol. The highest BCUT2D eigenvalue weighted by atomic mass is 19.4. The Kier molecular flexibility index (Phi) is 4.72. The van der Waals surface area contributed by atoms with E-state index >= 15 is 0 Å². The molecule has 2 rings (SSSR count). The van der Waals surface area contributed by atoms with Gasteiger partial charge in [0.1, 0.15) is 6.61 Å². The van der Waals surface area contributed by atoms with Gasteiger partial charge in [0.25, 0.3) is 0 Å². The second-order valence-electron chi connectivity index (χ2n) is 5.09. The average molecular weight is 302 g/mol. The number of hydrogen-bond donors (Lipinski definition) is 1. The molecule has 0 aliphatic carbocycles. The van der Waals surface area contributed by atoms with Gasteiger partial charge in [0.2, 0.25) is 0 Å². The van der Waals surface area contributed by atoms with E-state index in [0.29, 0.717) is 0 Å². The Labute approximate surface area is 120 Å². The van der Waals surface area contributed by atoms with Crippen molar-refractivity contribution in [2.75, 3.05) is 13.1 Å². The zero-order valence-electron chi connectivity index (χ0n) is 11.3. The number of rotatable bonds is 2. The van der Waals surface area contributed by atoms with Gasteiger partial charge in [-0.15, -0.1) is 0 Å². The monoisotopic (exact) mass is 302 g/mol. The normalized spacial score (nSPS) is 23.0. The molecule has 2 N–H and O–H groups in total. The van der Waals surface area contributed by atoms with Crippen molar-refractivity contribution in [1.82, 2.24) is 4.90 Å². The van der Waals surface area contributed by atoms with Gasteiger partial charge in [-0.3, -0.25) is 0 Å². The van der Waals surface area contributed by atoms with Crippen LogP contribution in [0.15, 0.2) is 30.3 Å². The number of piperidine rings is 1. The molecule has 1 fully saturated rings. The zero-order chi connectivity index (χ0) is 15.5. The van der Waals surface area contributed by atoms with E-state index in [4.69, 9.17) is 10.5 Å². The molecule has 0 aromatic heterocycles. The summed E-state index contributed by atoms with van der Waals surface area (Å²) in [6.45, 7) is -0.0442. The van der Waals surface area contributed by atoms with Crippen molar-refractivity contribution in [2.45, 2.75) is 25.2 Å². The molecule has 7 heteroatoms. The van der Waals surface area contributed by atoms with E-state index < -0.39 is 24.2 Å². The van der Waals surface area contributed by atoms with Crippen LogP contribution in [0.4, 0.5) is 18.0 Å². The van der Waals surface area contributed by atoms with Crippen molar-refractivity contribution in [3.63, 3.8) is 0 Å². The molecule has 116 valence electrons. The number of likely N-dealkylation sites (tertiary alicyclic amines) is 1. The van der Waals surface area contributed by atoms with Gasteiger partial charge in [0.05, 0.1) is 5.92 Å². The van der Waals surface area contributed by atoms with Gasteiger partial charge >= 0.3 is 12.3 Å². The average Bonchev–Trinajstić information content (AvgIpc) is 2.44. The molecule has 4 nitrogen and oxygen atoms in total. The van der Waals surface area contributed by atoms with Gasteiger partial charge in [0.15, 0.2) is 0 Å². The van der Waals surface area contributed by atoms with Gasteiger partial charge in [-0.25, -0.2) is 4.79 Å². The Morgan fingerprint density at radius 2 is 2.00 bits per heavy atom. The molecule has 1 aliphatic rings. The summed E-state index contributed by atoms with van der Waals surface area (Å²) in [7, 11) is 0. The van der Waals surface area contributed by atoms with Crippen molar-refractivity contribution in [2.24, 2.45) is 11.7 Å². The van der Waals surface area contributed by atoms with Gasteiger partial charge in [-0.05, 0) is 12.0 Å². The number of benzene rings is 1. The molecular formula is C14H17F3N2O2. The maximum Gasteiger partial charge on any atom is 0.410 e. The summed E-state index contributed by atoms with van der Waals surface area (Å²) in [6.07, 6.45) is -5.14. The third-order valence-corrected chi connectivity index (χ3v) is 3.54. The van der Waals surface area contributed by atoms with E-state index in [2.05, 4.69) is 0 Å². The molecule has 0 radical (unpaired) electrons. The number of alkyl halides is 3. The van der Waals surface area contributed by atoms with Gasteiger partial charge in [-0.2, -0.15) is 13.2 Å². The van der Waals surface area contributed by atoms with Crippen LogP contribution in [0.5, 0.6) is 0 Å². The van der Waals surface area contributed by atoms with Crippen molar-refractivity contribution in [3.8, 4) is 0 Å². The summed E-state index contributed by atoms with van der Waals surface area (Å²) in [5.41, 5.74) is 6.35. The molecule has 0 spiro atoms. The molecule has 0 saturated carbocycles. The Morgan fingerprint density at radius 1 is 1.33 bits per heavy atom.